The van der Waals surface area contributed by atoms with E-state index in [-0.39, 0.29) is 0 Å². The summed E-state index contributed by atoms with van der Waals surface area (Å²) in [6, 6.07) is 9.08. The van der Waals surface area contributed by atoms with Crippen LogP contribution in [0, 0.1) is 5.92 Å². The molecule has 0 saturated heterocycles. The van der Waals surface area contributed by atoms with E-state index in [4.69, 9.17) is 4.74 Å². The molecule has 1 aromatic rings. The van der Waals surface area contributed by atoms with E-state index in [0.29, 0.717) is 12.0 Å². The number of para-hydroxylation sites is 1. The smallest absolute Gasteiger partial charge is 0.122 e. The van der Waals surface area contributed by atoms with Crippen LogP contribution in [0.15, 0.2) is 24.3 Å². The number of fused-ring (bicyclic) bond motifs is 1. The Morgan fingerprint density at radius 1 is 1.20 bits per heavy atom. The first-order valence-corrected chi connectivity index (χ1v) is 8.29. The van der Waals surface area contributed by atoms with Crippen molar-refractivity contribution in [3.63, 3.8) is 0 Å². The van der Waals surface area contributed by atoms with Crippen molar-refractivity contribution < 1.29 is 4.74 Å². The van der Waals surface area contributed by atoms with Gasteiger partial charge in [0.25, 0.3) is 0 Å². The van der Waals surface area contributed by atoms with Gasteiger partial charge in [0, 0.05) is 12.0 Å². The van der Waals surface area contributed by atoms with Crippen molar-refractivity contribution in [3.8, 4) is 5.75 Å². The Labute approximate surface area is 123 Å². The number of nitrogens with one attached hydrogen (secondary N) is 1. The second-order valence-corrected chi connectivity index (χ2v) is 5.90. The van der Waals surface area contributed by atoms with Crippen LogP contribution < -0.4 is 10.1 Å². The zero-order valence-corrected chi connectivity index (χ0v) is 13.0. The quantitative estimate of drug-likeness (QED) is 0.718. The normalized spacial score (nSPS) is 19.2. The molecule has 0 bridgehead atoms. The molecule has 2 rings (SSSR count). The van der Waals surface area contributed by atoms with Gasteiger partial charge in [-0.15, -0.1) is 0 Å². The van der Waals surface area contributed by atoms with Crippen molar-refractivity contribution in [2.24, 2.45) is 5.92 Å². The summed E-state index contributed by atoms with van der Waals surface area (Å²) in [5.74, 6) is 1.71. The fourth-order valence-corrected chi connectivity index (χ4v) is 3.17. The minimum Gasteiger partial charge on any atom is -0.493 e. The molecule has 1 heterocycles. The molecule has 1 N–H and O–H groups in total. The van der Waals surface area contributed by atoms with Crippen molar-refractivity contribution in [1.82, 2.24) is 5.32 Å². The largest absolute Gasteiger partial charge is 0.493 e. The number of hydrogen-bond donors (Lipinski definition) is 1. The van der Waals surface area contributed by atoms with E-state index < -0.39 is 0 Å². The highest BCUT2D eigenvalue weighted by atomic mass is 16.5. The minimum atomic E-state index is 0.602. The molecular weight excluding hydrogens is 246 g/mol. The van der Waals surface area contributed by atoms with Crippen LogP contribution in [0.1, 0.15) is 51.5 Å². The standard InChI is InChI=1S/C18H29NO/c1-3-5-6-7-11-17(19-4-2)16-13-15-10-8-9-12-18(15)20-14-16/h8-10,12,16-17,19H,3-7,11,13-14H2,1-2H3. The second-order valence-electron chi connectivity index (χ2n) is 5.90. The zero-order chi connectivity index (χ0) is 14.2. The lowest BCUT2D eigenvalue weighted by Crippen LogP contribution is -2.41. The summed E-state index contributed by atoms with van der Waals surface area (Å²) < 4.78 is 5.95. The maximum atomic E-state index is 5.95. The van der Waals surface area contributed by atoms with Crippen LogP contribution in [0.4, 0.5) is 0 Å². The number of ether oxygens (including phenoxy) is 1. The van der Waals surface area contributed by atoms with E-state index in [9.17, 15) is 0 Å². The molecule has 0 aliphatic carbocycles. The van der Waals surface area contributed by atoms with Gasteiger partial charge in [-0.25, -0.2) is 0 Å². The van der Waals surface area contributed by atoms with Gasteiger partial charge in [0.05, 0.1) is 6.61 Å². The van der Waals surface area contributed by atoms with Gasteiger partial charge in [-0.2, -0.15) is 0 Å². The third-order valence-corrected chi connectivity index (χ3v) is 4.31. The van der Waals surface area contributed by atoms with Crippen molar-refractivity contribution in [1.29, 1.82) is 0 Å². The van der Waals surface area contributed by atoms with E-state index in [0.717, 1.165) is 25.3 Å². The van der Waals surface area contributed by atoms with Crippen LogP contribution in [-0.4, -0.2) is 19.2 Å². The van der Waals surface area contributed by atoms with Crippen molar-refractivity contribution in [2.45, 2.75) is 58.4 Å². The SMILES string of the molecule is CCCCCCC(NCC)C1COc2ccccc2C1. The number of benzene rings is 1. The van der Waals surface area contributed by atoms with Gasteiger partial charge in [0.1, 0.15) is 5.75 Å². The summed E-state index contributed by atoms with van der Waals surface area (Å²) in [5, 5.41) is 3.68. The van der Waals surface area contributed by atoms with Crippen LogP contribution in [-0.2, 0) is 6.42 Å². The van der Waals surface area contributed by atoms with Crippen molar-refractivity contribution >= 4 is 0 Å². The zero-order valence-electron chi connectivity index (χ0n) is 13.0. The van der Waals surface area contributed by atoms with Crippen LogP contribution in [0.3, 0.4) is 0 Å². The summed E-state index contributed by atoms with van der Waals surface area (Å²) in [6.45, 7) is 6.39. The molecule has 112 valence electrons. The first-order chi connectivity index (χ1) is 9.85. The summed E-state index contributed by atoms with van der Waals surface area (Å²) in [7, 11) is 0. The van der Waals surface area contributed by atoms with Gasteiger partial charge >= 0.3 is 0 Å². The number of unbranched alkanes of at least 4 members (excludes halogenated alkanes) is 3. The summed E-state index contributed by atoms with van der Waals surface area (Å²) in [6.07, 6.45) is 7.81. The van der Waals surface area contributed by atoms with Crippen molar-refractivity contribution in [3.05, 3.63) is 29.8 Å². The molecule has 1 aliphatic heterocycles. The highest BCUT2D eigenvalue weighted by molar-refractivity contribution is 5.35. The molecule has 2 heteroatoms. The molecule has 2 nitrogen and oxygen atoms in total. The minimum absolute atomic E-state index is 0.602. The molecule has 0 radical (unpaired) electrons. The first-order valence-electron chi connectivity index (χ1n) is 8.29. The highest BCUT2D eigenvalue weighted by Gasteiger charge is 2.26. The molecule has 20 heavy (non-hydrogen) atoms. The van der Waals surface area contributed by atoms with Gasteiger partial charge in [-0.1, -0.05) is 57.7 Å². The predicted octanol–water partition coefficient (Wildman–Crippen LogP) is 4.19. The molecule has 2 atom stereocenters. The Morgan fingerprint density at radius 2 is 2.05 bits per heavy atom. The Hall–Kier alpha value is -1.02. The molecule has 0 amide bonds. The van der Waals surface area contributed by atoms with Crippen molar-refractivity contribution in [2.75, 3.05) is 13.2 Å². The molecule has 2 unspecified atom stereocenters. The van der Waals surface area contributed by atoms with Gasteiger partial charge < -0.3 is 10.1 Å². The van der Waals surface area contributed by atoms with Gasteiger partial charge in [0.2, 0.25) is 0 Å². The molecule has 0 fully saturated rings. The molecule has 0 saturated carbocycles. The van der Waals surface area contributed by atoms with Gasteiger partial charge in [-0.3, -0.25) is 0 Å². The first kappa shape index (κ1) is 15.4. The fraction of sp³-hybridized carbons (Fsp3) is 0.667. The average Bonchev–Trinajstić information content (AvgIpc) is 2.50. The van der Waals surface area contributed by atoms with Crippen LogP contribution >= 0.6 is 0 Å². The highest BCUT2D eigenvalue weighted by Crippen LogP contribution is 2.29. The topological polar surface area (TPSA) is 21.3 Å². The summed E-state index contributed by atoms with van der Waals surface area (Å²) in [4.78, 5) is 0. The van der Waals surface area contributed by atoms with Gasteiger partial charge in [0.15, 0.2) is 0 Å². The average molecular weight is 275 g/mol. The Kier molecular flexibility index (Phi) is 6.38. The molecule has 0 spiro atoms. The summed E-state index contributed by atoms with van der Waals surface area (Å²) >= 11 is 0. The molecule has 1 aliphatic rings. The van der Waals surface area contributed by atoms with Crippen LogP contribution in [0.2, 0.25) is 0 Å². The Bertz CT molecular complexity index is 391. The van der Waals surface area contributed by atoms with E-state index in [1.54, 1.807) is 0 Å². The van der Waals surface area contributed by atoms with Gasteiger partial charge in [-0.05, 0) is 31.0 Å². The fourth-order valence-electron chi connectivity index (χ4n) is 3.17. The lowest BCUT2D eigenvalue weighted by molar-refractivity contribution is 0.178. The lowest BCUT2D eigenvalue weighted by atomic mass is 9.87. The molecular formula is C18H29NO. The third kappa shape index (κ3) is 4.24. The Morgan fingerprint density at radius 3 is 2.85 bits per heavy atom. The second kappa shape index (κ2) is 8.31. The van der Waals surface area contributed by atoms with Crippen LogP contribution in [0.5, 0.6) is 5.75 Å². The van der Waals surface area contributed by atoms with E-state index in [2.05, 4.69) is 43.4 Å². The Balaban J connectivity index is 1.90. The van der Waals surface area contributed by atoms with Crippen LogP contribution in [0.25, 0.3) is 0 Å². The number of hydrogen-bond acceptors (Lipinski definition) is 2. The molecule has 1 aromatic carbocycles. The predicted molar refractivity (Wildman–Crippen MR) is 85.4 cm³/mol. The lowest BCUT2D eigenvalue weighted by Gasteiger charge is -2.32. The maximum absolute atomic E-state index is 5.95. The molecule has 0 aromatic heterocycles. The monoisotopic (exact) mass is 275 g/mol. The number of rotatable bonds is 8. The third-order valence-electron chi connectivity index (χ3n) is 4.31. The summed E-state index contributed by atoms with van der Waals surface area (Å²) in [5.41, 5.74) is 1.38. The maximum Gasteiger partial charge on any atom is 0.122 e. The van der Waals surface area contributed by atoms with E-state index in [1.165, 1.54) is 37.7 Å². The van der Waals surface area contributed by atoms with E-state index >= 15 is 0 Å². The van der Waals surface area contributed by atoms with E-state index in [1.807, 2.05) is 0 Å².